The first-order valence-corrected chi connectivity index (χ1v) is 10.4. The molecule has 0 aromatic heterocycles. The highest BCUT2D eigenvalue weighted by Crippen LogP contribution is 2.42. The van der Waals surface area contributed by atoms with Crippen molar-refractivity contribution >= 4 is 0 Å². The van der Waals surface area contributed by atoms with Gasteiger partial charge in [0.1, 0.15) is 0 Å². The summed E-state index contributed by atoms with van der Waals surface area (Å²) in [5.74, 6) is 1.74. The van der Waals surface area contributed by atoms with Crippen molar-refractivity contribution in [2.75, 3.05) is 46.8 Å². The molecule has 0 bridgehead atoms. The molecule has 0 amide bonds. The SMILES string of the molecule is CN(C)C1CCN(CC2CC(c3ccc(CN4CCCC4)cc3)C2)C1. The average Bonchev–Trinajstić information content (AvgIpc) is 3.23. The average molecular weight is 342 g/mol. The van der Waals surface area contributed by atoms with E-state index in [-0.39, 0.29) is 0 Å². The Morgan fingerprint density at radius 3 is 2.32 bits per heavy atom. The first-order valence-electron chi connectivity index (χ1n) is 10.4. The molecule has 3 heteroatoms. The predicted octanol–water partition coefficient (Wildman–Crippen LogP) is 3.41. The summed E-state index contributed by atoms with van der Waals surface area (Å²) < 4.78 is 0. The molecule has 4 rings (SSSR count). The van der Waals surface area contributed by atoms with Gasteiger partial charge in [0.2, 0.25) is 0 Å². The Hall–Kier alpha value is -0.900. The third-order valence-corrected chi connectivity index (χ3v) is 6.79. The van der Waals surface area contributed by atoms with Crippen LogP contribution in [0.1, 0.15) is 49.1 Å². The van der Waals surface area contributed by atoms with Gasteiger partial charge in [0.05, 0.1) is 0 Å². The summed E-state index contributed by atoms with van der Waals surface area (Å²) >= 11 is 0. The maximum Gasteiger partial charge on any atom is 0.0233 e. The molecule has 1 aliphatic carbocycles. The molecule has 0 spiro atoms. The number of rotatable bonds is 6. The molecule has 138 valence electrons. The van der Waals surface area contributed by atoms with Crippen LogP contribution in [0, 0.1) is 5.92 Å². The van der Waals surface area contributed by atoms with Crippen LogP contribution in [0.15, 0.2) is 24.3 Å². The van der Waals surface area contributed by atoms with E-state index < -0.39 is 0 Å². The van der Waals surface area contributed by atoms with Gasteiger partial charge in [0, 0.05) is 25.7 Å². The fourth-order valence-electron chi connectivity index (χ4n) is 5.02. The van der Waals surface area contributed by atoms with Crippen molar-refractivity contribution < 1.29 is 0 Å². The molecule has 2 heterocycles. The lowest BCUT2D eigenvalue weighted by atomic mass is 9.71. The second kappa shape index (κ2) is 7.77. The molecular formula is C22H35N3. The van der Waals surface area contributed by atoms with E-state index in [0.717, 1.165) is 24.4 Å². The maximum absolute atomic E-state index is 2.70. The van der Waals surface area contributed by atoms with Crippen LogP contribution in [-0.2, 0) is 6.54 Å². The van der Waals surface area contributed by atoms with Gasteiger partial charge in [-0.2, -0.15) is 0 Å². The van der Waals surface area contributed by atoms with Crippen LogP contribution in [0.25, 0.3) is 0 Å². The quantitative estimate of drug-likeness (QED) is 0.785. The smallest absolute Gasteiger partial charge is 0.0233 e. The predicted molar refractivity (Wildman–Crippen MR) is 105 cm³/mol. The van der Waals surface area contributed by atoms with Crippen LogP contribution in [0.3, 0.4) is 0 Å². The van der Waals surface area contributed by atoms with E-state index in [4.69, 9.17) is 0 Å². The molecule has 3 nitrogen and oxygen atoms in total. The van der Waals surface area contributed by atoms with Crippen molar-refractivity contribution in [2.24, 2.45) is 5.92 Å². The molecular weight excluding hydrogens is 306 g/mol. The third-order valence-electron chi connectivity index (χ3n) is 6.79. The molecule has 3 fully saturated rings. The van der Waals surface area contributed by atoms with Crippen molar-refractivity contribution in [2.45, 2.75) is 50.6 Å². The molecule has 2 aliphatic heterocycles. The molecule has 2 saturated heterocycles. The van der Waals surface area contributed by atoms with E-state index >= 15 is 0 Å². The Morgan fingerprint density at radius 1 is 0.960 bits per heavy atom. The van der Waals surface area contributed by atoms with Crippen LogP contribution in [0.4, 0.5) is 0 Å². The molecule has 1 aromatic carbocycles. The van der Waals surface area contributed by atoms with Gasteiger partial charge in [0.25, 0.3) is 0 Å². The summed E-state index contributed by atoms with van der Waals surface area (Å²) in [6.07, 6.45) is 6.91. The number of likely N-dealkylation sites (N-methyl/N-ethyl adjacent to an activating group) is 1. The lowest BCUT2D eigenvalue weighted by Crippen LogP contribution is -2.37. The van der Waals surface area contributed by atoms with Gasteiger partial charge >= 0.3 is 0 Å². The molecule has 1 aromatic rings. The van der Waals surface area contributed by atoms with Crippen molar-refractivity contribution in [3.05, 3.63) is 35.4 Å². The van der Waals surface area contributed by atoms with Crippen LogP contribution in [0.2, 0.25) is 0 Å². The third kappa shape index (κ3) is 4.27. The van der Waals surface area contributed by atoms with E-state index in [2.05, 4.69) is 53.1 Å². The number of hydrogen-bond donors (Lipinski definition) is 0. The van der Waals surface area contributed by atoms with Crippen LogP contribution in [-0.4, -0.2) is 67.6 Å². The van der Waals surface area contributed by atoms with Gasteiger partial charge in [-0.05, 0) is 88.8 Å². The first kappa shape index (κ1) is 17.5. The molecule has 25 heavy (non-hydrogen) atoms. The lowest BCUT2D eigenvalue weighted by Gasteiger charge is -2.38. The van der Waals surface area contributed by atoms with E-state index in [0.29, 0.717) is 0 Å². The van der Waals surface area contributed by atoms with Gasteiger partial charge in [-0.25, -0.2) is 0 Å². The van der Waals surface area contributed by atoms with Gasteiger partial charge in [-0.1, -0.05) is 24.3 Å². The monoisotopic (exact) mass is 341 g/mol. The zero-order valence-corrected chi connectivity index (χ0v) is 16.2. The van der Waals surface area contributed by atoms with Crippen LogP contribution < -0.4 is 0 Å². The summed E-state index contributed by atoms with van der Waals surface area (Å²) in [5.41, 5.74) is 3.07. The standard InChI is InChI=1S/C22H35N3/c1-23(2)22-9-12-25(17-22)16-19-13-21(14-19)20-7-5-18(6-8-20)15-24-10-3-4-11-24/h5-8,19,21-22H,3-4,9-17H2,1-2H3. The number of benzene rings is 1. The Morgan fingerprint density at radius 2 is 1.68 bits per heavy atom. The van der Waals surface area contributed by atoms with Crippen LogP contribution >= 0.6 is 0 Å². The van der Waals surface area contributed by atoms with Gasteiger partial charge in [0.15, 0.2) is 0 Å². The largest absolute Gasteiger partial charge is 0.305 e. The van der Waals surface area contributed by atoms with E-state index in [1.165, 1.54) is 70.4 Å². The first-order chi connectivity index (χ1) is 12.2. The summed E-state index contributed by atoms with van der Waals surface area (Å²) in [4.78, 5) is 7.68. The normalized spacial score (nSPS) is 30.9. The maximum atomic E-state index is 2.70. The molecule has 1 saturated carbocycles. The second-order valence-electron chi connectivity index (χ2n) is 8.92. The Labute approximate surface area is 154 Å². The van der Waals surface area contributed by atoms with E-state index in [9.17, 15) is 0 Å². The highest BCUT2D eigenvalue weighted by molar-refractivity contribution is 5.27. The molecule has 3 aliphatic rings. The lowest BCUT2D eigenvalue weighted by molar-refractivity contribution is 0.171. The van der Waals surface area contributed by atoms with Crippen LogP contribution in [0.5, 0.6) is 0 Å². The summed E-state index contributed by atoms with van der Waals surface area (Å²) in [7, 11) is 4.45. The Kier molecular flexibility index (Phi) is 5.44. The van der Waals surface area contributed by atoms with Crippen molar-refractivity contribution in [1.82, 2.24) is 14.7 Å². The van der Waals surface area contributed by atoms with E-state index in [1.54, 1.807) is 5.56 Å². The minimum absolute atomic E-state index is 0.777. The fourth-order valence-corrected chi connectivity index (χ4v) is 5.02. The van der Waals surface area contributed by atoms with Gasteiger partial charge in [-0.15, -0.1) is 0 Å². The van der Waals surface area contributed by atoms with Crippen molar-refractivity contribution in [3.8, 4) is 0 Å². The number of hydrogen-bond acceptors (Lipinski definition) is 3. The van der Waals surface area contributed by atoms with Crippen molar-refractivity contribution in [3.63, 3.8) is 0 Å². The highest BCUT2D eigenvalue weighted by Gasteiger charge is 2.33. The minimum atomic E-state index is 0.777. The summed E-state index contributed by atoms with van der Waals surface area (Å²) in [6, 6.07) is 10.3. The van der Waals surface area contributed by atoms with Crippen molar-refractivity contribution in [1.29, 1.82) is 0 Å². The number of nitrogens with zero attached hydrogens (tertiary/aromatic N) is 3. The highest BCUT2D eigenvalue weighted by atomic mass is 15.2. The zero-order chi connectivity index (χ0) is 17.2. The summed E-state index contributed by atoms with van der Waals surface area (Å²) in [6.45, 7) is 7.63. The second-order valence-corrected chi connectivity index (χ2v) is 8.92. The molecule has 1 atom stereocenters. The van der Waals surface area contributed by atoms with Gasteiger partial charge < -0.3 is 9.80 Å². The number of likely N-dealkylation sites (tertiary alicyclic amines) is 2. The topological polar surface area (TPSA) is 9.72 Å². The zero-order valence-electron chi connectivity index (χ0n) is 16.2. The summed E-state index contributed by atoms with van der Waals surface area (Å²) in [5, 5.41) is 0. The Balaban J connectivity index is 1.21. The fraction of sp³-hybridized carbons (Fsp3) is 0.727. The minimum Gasteiger partial charge on any atom is -0.305 e. The molecule has 0 N–H and O–H groups in total. The van der Waals surface area contributed by atoms with Gasteiger partial charge in [-0.3, -0.25) is 4.90 Å². The Bertz CT molecular complexity index is 541. The molecule has 0 radical (unpaired) electrons. The van der Waals surface area contributed by atoms with E-state index in [1.807, 2.05) is 0 Å². The molecule has 1 unspecified atom stereocenters.